The summed E-state index contributed by atoms with van der Waals surface area (Å²) in [6, 6.07) is 3.14. The van der Waals surface area contributed by atoms with E-state index in [1.807, 2.05) is 0 Å². The summed E-state index contributed by atoms with van der Waals surface area (Å²) in [5.74, 6) is -1.37. The predicted octanol–water partition coefficient (Wildman–Crippen LogP) is 2.13. The molecule has 1 aliphatic carbocycles. The molecular weight excluding hydrogens is 313 g/mol. The minimum absolute atomic E-state index is 0.0417. The van der Waals surface area contributed by atoms with Crippen molar-refractivity contribution in [3.63, 3.8) is 0 Å². The lowest BCUT2D eigenvalue weighted by molar-refractivity contribution is -0.139. The Kier molecular flexibility index (Phi) is 4.06. The van der Waals surface area contributed by atoms with E-state index in [0.29, 0.717) is 12.8 Å². The fourth-order valence-corrected chi connectivity index (χ4v) is 4.14. The van der Waals surface area contributed by atoms with Crippen molar-refractivity contribution >= 4 is 39.2 Å². The topological polar surface area (TPSA) is 83.5 Å². The average molecular weight is 324 g/mol. The molecular formula is C11H11Cl2NO4S. The molecule has 1 fully saturated rings. The van der Waals surface area contributed by atoms with E-state index in [0.717, 1.165) is 0 Å². The van der Waals surface area contributed by atoms with Crippen molar-refractivity contribution < 1.29 is 18.3 Å². The van der Waals surface area contributed by atoms with Crippen molar-refractivity contribution in [1.82, 2.24) is 4.72 Å². The zero-order valence-corrected chi connectivity index (χ0v) is 12.0. The molecule has 19 heavy (non-hydrogen) atoms. The third-order valence-corrected chi connectivity index (χ3v) is 5.22. The van der Waals surface area contributed by atoms with E-state index in [-0.39, 0.29) is 20.9 Å². The molecule has 0 aromatic heterocycles. The summed E-state index contributed by atoms with van der Waals surface area (Å²) in [7, 11) is -4.07. The van der Waals surface area contributed by atoms with Crippen LogP contribution in [0.3, 0.4) is 0 Å². The zero-order valence-electron chi connectivity index (χ0n) is 9.64. The van der Waals surface area contributed by atoms with Gasteiger partial charge in [0.1, 0.15) is 10.9 Å². The van der Waals surface area contributed by atoms with Gasteiger partial charge in [-0.3, -0.25) is 4.79 Å². The van der Waals surface area contributed by atoms with Gasteiger partial charge in [-0.25, -0.2) is 8.42 Å². The SMILES string of the molecule is O=C(O)C(NS(=O)(=O)c1c(Cl)cccc1Cl)C1CC1. The standard InChI is InChI=1S/C11H11Cl2NO4S/c12-7-2-1-3-8(13)10(7)19(17,18)14-9(11(15)16)6-4-5-6/h1-3,6,9,14H,4-5H2,(H,15,16). The van der Waals surface area contributed by atoms with Gasteiger partial charge in [-0.15, -0.1) is 0 Å². The number of aliphatic carboxylic acids is 1. The highest BCUT2D eigenvalue weighted by molar-refractivity contribution is 7.89. The second-order valence-corrected chi connectivity index (χ2v) is 6.79. The average Bonchev–Trinajstić information content (AvgIpc) is 3.08. The molecule has 0 saturated heterocycles. The molecule has 1 saturated carbocycles. The Bertz CT molecular complexity index is 593. The molecule has 0 spiro atoms. The Morgan fingerprint density at radius 3 is 2.26 bits per heavy atom. The first-order valence-electron chi connectivity index (χ1n) is 5.52. The first kappa shape index (κ1) is 14.6. The van der Waals surface area contributed by atoms with Gasteiger partial charge in [-0.1, -0.05) is 29.3 Å². The maximum atomic E-state index is 12.2. The van der Waals surface area contributed by atoms with Crippen LogP contribution in [-0.4, -0.2) is 25.5 Å². The molecule has 1 atom stereocenters. The van der Waals surface area contributed by atoms with Gasteiger partial charge in [0.25, 0.3) is 0 Å². The van der Waals surface area contributed by atoms with Crippen LogP contribution >= 0.6 is 23.2 Å². The molecule has 2 rings (SSSR count). The first-order chi connectivity index (χ1) is 8.83. The van der Waals surface area contributed by atoms with Crippen molar-refractivity contribution in [2.75, 3.05) is 0 Å². The van der Waals surface area contributed by atoms with Gasteiger partial charge in [-0.05, 0) is 30.9 Å². The summed E-state index contributed by atoms with van der Waals surface area (Å²) in [5.41, 5.74) is 0. The molecule has 0 heterocycles. The number of carboxylic acids is 1. The molecule has 2 N–H and O–H groups in total. The van der Waals surface area contributed by atoms with Crippen LogP contribution in [0.2, 0.25) is 10.0 Å². The lowest BCUT2D eigenvalue weighted by atomic mass is 10.2. The number of sulfonamides is 1. The number of hydrogen-bond donors (Lipinski definition) is 2. The minimum atomic E-state index is -4.07. The third-order valence-electron chi connectivity index (χ3n) is 2.83. The summed E-state index contributed by atoms with van der Waals surface area (Å²) in [4.78, 5) is 10.8. The number of rotatable bonds is 5. The fourth-order valence-electron chi connectivity index (χ4n) is 1.74. The van der Waals surface area contributed by atoms with Crippen LogP contribution in [-0.2, 0) is 14.8 Å². The van der Waals surface area contributed by atoms with E-state index in [4.69, 9.17) is 28.3 Å². The molecule has 0 radical (unpaired) electrons. The quantitative estimate of drug-likeness (QED) is 0.869. The Labute approximate surface area is 120 Å². The molecule has 104 valence electrons. The molecule has 1 aromatic rings. The summed E-state index contributed by atoms with van der Waals surface area (Å²) in [6.45, 7) is 0. The molecule has 0 aliphatic heterocycles. The van der Waals surface area contributed by atoms with Crippen LogP contribution in [0.15, 0.2) is 23.1 Å². The van der Waals surface area contributed by atoms with Crippen LogP contribution in [0.1, 0.15) is 12.8 Å². The van der Waals surface area contributed by atoms with Gasteiger partial charge < -0.3 is 5.11 Å². The van der Waals surface area contributed by atoms with Gasteiger partial charge in [0.2, 0.25) is 10.0 Å². The number of benzene rings is 1. The Balaban J connectivity index is 2.34. The van der Waals surface area contributed by atoms with Crippen molar-refractivity contribution in [1.29, 1.82) is 0 Å². The number of nitrogens with one attached hydrogen (secondary N) is 1. The van der Waals surface area contributed by atoms with E-state index in [9.17, 15) is 13.2 Å². The van der Waals surface area contributed by atoms with Crippen LogP contribution in [0.4, 0.5) is 0 Å². The fraction of sp³-hybridized carbons (Fsp3) is 0.364. The molecule has 1 aromatic carbocycles. The van der Waals surface area contributed by atoms with E-state index in [1.165, 1.54) is 18.2 Å². The highest BCUT2D eigenvalue weighted by Crippen LogP contribution is 2.35. The van der Waals surface area contributed by atoms with Gasteiger partial charge in [0.15, 0.2) is 0 Å². The molecule has 0 amide bonds. The Morgan fingerprint density at radius 2 is 1.84 bits per heavy atom. The number of carboxylic acid groups (broad SMARTS) is 1. The number of halogens is 2. The van der Waals surface area contributed by atoms with Gasteiger partial charge in [-0.2, -0.15) is 4.72 Å². The molecule has 1 unspecified atom stereocenters. The predicted molar refractivity (Wildman–Crippen MR) is 70.9 cm³/mol. The van der Waals surface area contributed by atoms with E-state index in [2.05, 4.69) is 4.72 Å². The summed E-state index contributed by atoms with van der Waals surface area (Å²) in [6.07, 6.45) is 1.38. The highest BCUT2D eigenvalue weighted by Gasteiger charge is 2.39. The summed E-state index contributed by atoms with van der Waals surface area (Å²) < 4.78 is 26.5. The lowest BCUT2D eigenvalue weighted by Gasteiger charge is -2.15. The Hall–Kier alpha value is -0.820. The maximum absolute atomic E-state index is 12.2. The number of hydrogen-bond acceptors (Lipinski definition) is 3. The molecule has 8 heteroatoms. The van der Waals surface area contributed by atoms with Crippen molar-refractivity contribution in [2.45, 2.75) is 23.8 Å². The molecule has 1 aliphatic rings. The van der Waals surface area contributed by atoms with Crippen LogP contribution in [0, 0.1) is 5.92 Å². The largest absolute Gasteiger partial charge is 0.480 e. The summed E-state index contributed by atoms with van der Waals surface area (Å²) >= 11 is 11.6. The smallest absolute Gasteiger partial charge is 0.322 e. The van der Waals surface area contributed by atoms with Crippen LogP contribution in [0.25, 0.3) is 0 Å². The van der Waals surface area contributed by atoms with Gasteiger partial charge in [0.05, 0.1) is 10.0 Å². The normalized spacial score (nSPS) is 17.2. The van der Waals surface area contributed by atoms with Crippen molar-refractivity contribution in [3.05, 3.63) is 28.2 Å². The minimum Gasteiger partial charge on any atom is -0.480 e. The zero-order chi connectivity index (χ0) is 14.2. The third kappa shape index (κ3) is 3.20. The second kappa shape index (κ2) is 5.28. The summed E-state index contributed by atoms with van der Waals surface area (Å²) in [5, 5.41) is 8.96. The van der Waals surface area contributed by atoms with E-state index < -0.39 is 22.0 Å². The lowest BCUT2D eigenvalue weighted by Crippen LogP contribution is -2.42. The highest BCUT2D eigenvalue weighted by atomic mass is 35.5. The van der Waals surface area contributed by atoms with E-state index in [1.54, 1.807) is 0 Å². The Morgan fingerprint density at radius 1 is 1.32 bits per heavy atom. The maximum Gasteiger partial charge on any atom is 0.322 e. The van der Waals surface area contributed by atoms with Crippen LogP contribution < -0.4 is 4.72 Å². The van der Waals surface area contributed by atoms with Crippen molar-refractivity contribution in [3.8, 4) is 0 Å². The van der Waals surface area contributed by atoms with Gasteiger partial charge >= 0.3 is 5.97 Å². The first-order valence-corrected chi connectivity index (χ1v) is 7.76. The van der Waals surface area contributed by atoms with Crippen LogP contribution in [0.5, 0.6) is 0 Å². The second-order valence-electron chi connectivity index (χ2n) is 4.33. The van der Waals surface area contributed by atoms with Crippen molar-refractivity contribution in [2.24, 2.45) is 5.92 Å². The monoisotopic (exact) mass is 323 g/mol. The molecule has 0 bridgehead atoms. The van der Waals surface area contributed by atoms with E-state index >= 15 is 0 Å². The van der Waals surface area contributed by atoms with Gasteiger partial charge in [0, 0.05) is 0 Å². The number of carbonyl (C=O) groups is 1. The molecule has 5 nitrogen and oxygen atoms in total.